The van der Waals surface area contributed by atoms with Crippen molar-refractivity contribution < 1.29 is 26.7 Å². The average Bonchev–Trinajstić information content (AvgIpc) is 3.44. The molecular weight excluding hydrogens is 557 g/mol. The van der Waals surface area contributed by atoms with Gasteiger partial charge in [0.25, 0.3) is 0 Å². The van der Waals surface area contributed by atoms with E-state index in [4.69, 9.17) is 17.3 Å². The third-order valence-electron chi connectivity index (χ3n) is 7.70. The van der Waals surface area contributed by atoms with Gasteiger partial charge in [-0.25, -0.2) is 19.9 Å². The van der Waals surface area contributed by atoms with Gasteiger partial charge in [0.15, 0.2) is 11.5 Å². The smallest absolute Gasteiger partial charge is 0.383 e. The van der Waals surface area contributed by atoms with Crippen molar-refractivity contribution in [1.82, 2.24) is 24.3 Å². The van der Waals surface area contributed by atoms with E-state index in [9.17, 15) is 26.7 Å². The Morgan fingerprint density at radius 2 is 1.82 bits per heavy atom. The number of hydrogen-bond donors (Lipinski definition) is 2. The van der Waals surface area contributed by atoms with Crippen LogP contribution in [0.3, 0.4) is 0 Å². The molecule has 1 saturated carbocycles. The van der Waals surface area contributed by atoms with Crippen molar-refractivity contribution in [2.24, 2.45) is 5.92 Å². The van der Waals surface area contributed by atoms with E-state index in [1.165, 1.54) is 23.0 Å². The largest absolute Gasteiger partial charge is 0.453 e. The number of carbonyl (C=O) groups is 1. The lowest BCUT2D eigenvalue weighted by Gasteiger charge is -2.41. The average molecular weight is 578 g/mol. The van der Waals surface area contributed by atoms with Gasteiger partial charge in [0.2, 0.25) is 5.91 Å². The molecule has 8 nitrogen and oxygen atoms in total. The van der Waals surface area contributed by atoms with Gasteiger partial charge in [0, 0.05) is 30.0 Å². The van der Waals surface area contributed by atoms with Crippen LogP contribution in [0.2, 0.25) is 5.02 Å². The molecule has 1 atom stereocenters. The van der Waals surface area contributed by atoms with Crippen LogP contribution >= 0.6 is 11.6 Å². The summed E-state index contributed by atoms with van der Waals surface area (Å²) in [7, 11) is 0. The second kappa shape index (κ2) is 9.08. The number of alkyl halides is 5. The highest BCUT2D eigenvalue weighted by Crippen LogP contribution is 2.55. The van der Waals surface area contributed by atoms with Gasteiger partial charge in [-0.1, -0.05) is 30.2 Å². The number of anilines is 2. The number of nitrogens with one attached hydrogen (secondary N) is 1. The molecule has 4 heterocycles. The number of carbonyl (C=O) groups excluding carboxylic acids is 1. The van der Waals surface area contributed by atoms with Crippen LogP contribution in [0, 0.1) is 5.92 Å². The van der Waals surface area contributed by atoms with Crippen LogP contribution in [-0.2, 0) is 16.6 Å². The Morgan fingerprint density at radius 1 is 1.10 bits per heavy atom. The van der Waals surface area contributed by atoms with Crippen molar-refractivity contribution in [2.75, 3.05) is 11.1 Å². The fraction of sp³-hybridized carbons (Fsp3) is 0.346. The third kappa shape index (κ3) is 3.97. The van der Waals surface area contributed by atoms with Crippen LogP contribution in [-0.4, -0.2) is 42.3 Å². The number of amides is 1. The second-order valence-electron chi connectivity index (χ2n) is 9.99. The predicted octanol–water partition coefficient (Wildman–Crippen LogP) is 5.59. The highest BCUT2D eigenvalue weighted by molar-refractivity contribution is 6.30. The number of benzene rings is 1. The number of rotatable bonds is 6. The van der Waals surface area contributed by atoms with Crippen molar-refractivity contribution >= 4 is 34.8 Å². The molecule has 40 heavy (non-hydrogen) atoms. The maximum absolute atomic E-state index is 13.7. The van der Waals surface area contributed by atoms with Crippen molar-refractivity contribution in [1.29, 1.82) is 0 Å². The molecule has 3 aromatic heterocycles. The number of nitrogen functional groups attached to an aromatic ring is 1. The van der Waals surface area contributed by atoms with E-state index in [0.29, 0.717) is 16.1 Å². The van der Waals surface area contributed by atoms with Crippen LogP contribution in [0.15, 0.2) is 42.9 Å². The highest BCUT2D eigenvalue weighted by Gasteiger charge is 2.58. The molecule has 1 aromatic carbocycles. The number of aryl methyl sites for hydroxylation is 1. The van der Waals surface area contributed by atoms with Gasteiger partial charge < -0.3 is 15.5 Å². The molecule has 3 N–H and O–H groups in total. The molecule has 1 fully saturated rings. The van der Waals surface area contributed by atoms with E-state index in [-0.39, 0.29) is 46.3 Å². The quantitative estimate of drug-likeness (QED) is 0.289. The molecule has 0 spiro atoms. The summed E-state index contributed by atoms with van der Waals surface area (Å²) >= 11 is 6.10. The van der Waals surface area contributed by atoms with Crippen LogP contribution in [0.4, 0.5) is 33.6 Å². The number of halogens is 6. The fourth-order valence-corrected chi connectivity index (χ4v) is 5.66. The number of nitrogens with two attached hydrogens (primary N) is 1. The maximum Gasteiger partial charge on any atom is 0.453 e. The molecule has 208 valence electrons. The Balaban J connectivity index is 1.44. The molecule has 1 aliphatic carbocycles. The van der Waals surface area contributed by atoms with Crippen LogP contribution < -0.4 is 11.1 Å². The van der Waals surface area contributed by atoms with Crippen molar-refractivity contribution in [3.63, 3.8) is 0 Å². The minimum atomic E-state index is -5.69. The lowest BCUT2D eigenvalue weighted by atomic mass is 9.59. The predicted molar refractivity (Wildman–Crippen MR) is 136 cm³/mol. The fourth-order valence-electron chi connectivity index (χ4n) is 5.54. The first-order valence-corrected chi connectivity index (χ1v) is 12.8. The number of hydrogen-bond acceptors (Lipinski definition) is 6. The van der Waals surface area contributed by atoms with E-state index in [2.05, 4.69) is 25.3 Å². The summed E-state index contributed by atoms with van der Waals surface area (Å²) in [6.45, 7) is 0. The molecule has 1 aliphatic heterocycles. The van der Waals surface area contributed by atoms with Crippen molar-refractivity contribution in [2.45, 2.75) is 49.6 Å². The standard InChI is InChI=1S/C26H21ClF5N7O/c27-15-6-4-14(5-7-15)25(13-2-1-3-13)18-19(33)36-20(37-21(18)38-23(25)40)17-12-39-11-10-34-22(39)16(35-17)8-9-24(28,29)26(30,31)32/h4-7,10-13H,1-3,8-9H2,(H3,33,36,37,38,40). The van der Waals surface area contributed by atoms with Crippen LogP contribution in [0.25, 0.3) is 17.2 Å². The summed E-state index contributed by atoms with van der Waals surface area (Å²) in [4.78, 5) is 30.9. The first-order chi connectivity index (χ1) is 18.9. The normalized spacial score (nSPS) is 19.5. The molecule has 1 amide bonds. The Morgan fingerprint density at radius 3 is 2.48 bits per heavy atom. The third-order valence-corrected chi connectivity index (χ3v) is 7.95. The van der Waals surface area contributed by atoms with Gasteiger partial charge in [-0.2, -0.15) is 22.0 Å². The van der Waals surface area contributed by atoms with E-state index < -0.39 is 30.4 Å². The summed E-state index contributed by atoms with van der Waals surface area (Å²) in [6.07, 6.45) is -1.05. The molecule has 6 rings (SSSR count). The van der Waals surface area contributed by atoms with Gasteiger partial charge in [-0.15, -0.1) is 0 Å². The second-order valence-corrected chi connectivity index (χ2v) is 10.4. The summed E-state index contributed by atoms with van der Waals surface area (Å²) < 4.78 is 67.1. The number of aromatic nitrogens is 5. The lowest BCUT2D eigenvalue weighted by Crippen LogP contribution is -2.46. The van der Waals surface area contributed by atoms with Gasteiger partial charge in [-0.3, -0.25) is 4.79 Å². The monoisotopic (exact) mass is 577 g/mol. The first kappa shape index (κ1) is 26.4. The zero-order valence-electron chi connectivity index (χ0n) is 20.6. The van der Waals surface area contributed by atoms with Crippen LogP contribution in [0.1, 0.15) is 42.5 Å². The number of fused-ring (bicyclic) bond motifs is 2. The Kier molecular flexibility index (Phi) is 5.98. The molecule has 14 heteroatoms. The Hall–Kier alpha value is -3.87. The van der Waals surface area contributed by atoms with E-state index in [1.54, 1.807) is 24.3 Å². The van der Waals surface area contributed by atoms with Crippen LogP contribution in [0.5, 0.6) is 0 Å². The maximum atomic E-state index is 13.7. The highest BCUT2D eigenvalue weighted by atomic mass is 35.5. The number of nitrogens with zero attached hydrogens (tertiary/aromatic N) is 5. The molecule has 0 radical (unpaired) electrons. The summed E-state index contributed by atoms with van der Waals surface area (Å²) in [5, 5.41) is 3.35. The minimum absolute atomic E-state index is 0.0258. The summed E-state index contributed by atoms with van der Waals surface area (Å²) in [5.41, 5.74) is 6.58. The molecule has 0 saturated heterocycles. The molecular formula is C26H21ClF5N7O. The lowest BCUT2D eigenvalue weighted by molar-refractivity contribution is -0.284. The van der Waals surface area contributed by atoms with Gasteiger partial charge in [0.05, 0.1) is 11.3 Å². The molecule has 2 aliphatic rings. The summed E-state index contributed by atoms with van der Waals surface area (Å²) in [6, 6.07) is 6.95. The van der Waals surface area contributed by atoms with E-state index >= 15 is 0 Å². The number of imidazole rings is 1. The molecule has 4 aromatic rings. The van der Waals surface area contributed by atoms with E-state index in [0.717, 1.165) is 19.3 Å². The van der Waals surface area contributed by atoms with Crippen molar-refractivity contribution in [3.8, 4) is 11.5 Å². The zero-order chi connectivity index (χ0) is 28.4. The van der Waals surface area contributed by atoms with Gasteiger partial charge in [0.1, 0.15) is 22.7 Å². The van der Waals surface area contributed by atoms with Gasteiger partial charge >= 0.3 is 12.1 Å². The topological polar surface area (TPSA) is 111 Å². The summed E-state index contributed by atoms with van der Waals surface area (Å²) in [5.74, 6) is -5.07. The Labute approximate surface area is 228 Å². The Bertz CT molecular complexity index is 1640. The SMILES string of the molecule is Nc1nc(-c2cn3ccnc3c(CCC(F)(F)C(F)(F)F)n2)nc2c1C(c1ccc(Cl)cc1)(C1CCC1)C(=O)N2. The first-order valence-electron chi connectivity index (χ1n) is 12.4. The molecule has 0 bridgehead atoms. The minimum Gasteiger partial charge on any atom is -0.383 e. The zero-order valence-corrected chi connectivity index (χ0v) is 21.4. The molecule has 1 unspecified atom stereocenters. The van der Waals surface area contributed by atoms with Gasteiger partial charge in [-0.05, 0) is 42.9 Å². The van der Waals surface area contributed by atoms with Crippen molar-refractivity contribution in [3.05, 3.63) is 64.7 Å². The van der Waals surface area contributed by atoms with E-state index in [1.807, 2.05) is 0 Å².